The quantitative estimate of drug-likeness (QED) is 0.913. The van der Waals surface area contributed by atoms with Gasteiger partial charge in [-0.1, -0.05) is 11.2 Å². The molecule has 1 aliphatic rings. The summed E-state index contributed by atoms with van der Waals surface area (Å²) in [6.45, 7) is 1.91. The molecule has 0 aliphatic heterocycles. The molecule has 0 radical (unpaired) electrons. The van der Waals surface area contributed by atoms with Crippen molar-refractivity contribution in [3.8, 4) is 0 Å². The van der Waals surface area contributed by atoms with Crippen LogP contribution in [0.4, 0.5) is 0 Å². The predicted octanol–water partition coefficient (Wildman–Crippen LogP) is 2.44. The lowest BCUT2D eigenvalue weighted by Crippen LogP contribution is -2.26. The molecule has 1 aliphatic carbocycles. The Bertz CT molecular complexity index is 575. The molecule has 3 rings (SSSR count). The molecule has 1 amide bonds. The number of rotatable bonds is 4. The molecule has 1 N–H and O–H groups in total. The van der Waals surface area contributed by atoms with Crippen molar-refractivity contribution in [1.29, 1.82) is 0 Å². The molecule has 2 heterocycles. The highest BCUT2D eigenvalue weighted by molar-refractivity contribution is 5.92. The number of nitrogens with one attached hydrogen (secondary N) is 1. The van der Waals surface area contributed by atoms with Gasteiger partial charge in [0.1, 0.15) is 5.76 Å². The minimum atomic E-state index is -0.216. The average molecular weight is 257 g/mol. The fraction of sp³-hybridized carbons (Fsp3) is 0.357. The topological polar surface area (TPSA) is 68.0 Å². The van der Waals surface area contributed by atoms with Gasteiger partial charge in [-0.25, -0.2) is 0 Å². The zero-order chi connectivity index (χ0) is 13.2. The van der Waals surface area contributed by atoms with Crippen molar-refractivity contribution in [2.75, 3.05) is 0 Å². The van der Waals surface area contributed by atoms with E-state index in [1.165, 1.54) is 0 Å². The lowest BCUT2D eigenvalue weighted by Gasteiger charge is -2.12. The third kappa shape index (κ3) is 2.65. The van der Waals surface area contributed by atoms with Gasteiger partial charge in [0.2, 0.25) is 0 Å². The number of hydrogen-bond acceptors (Lipinski definition) is 4. The van der Waals surface area contributed by atoms with Crippen molar-refractivity contribution in [3.05, 3.63) is 47.6 Å². The van der Waals surface area contributed by atoms with E-state index in [2.05, 4.69) is 15.5 Å². The van der Waals surface area contributed by atoms with Crippen LogP contribution < -0.4 is 5.32 Å². The fourth-order valence-corrected chi connectivity index (χ4v) is 1.94. The van der Waals surface area contributed by atoms with Crippen LogP contribution in [0.15, 0.2) is 35.1 Å². The summed E-state index contributed by atoms with van der Waals surface area (Å²) >= 11 is 0. The molecule has 1 unspecified atom stereocenters. The van der Waals surface area contributed by atoms with E-state index >= 15 is 0 Å². The first-order valence-corrected chi connectivity index (χ1v) is 6.41. The molecule has 5 heteroatoms. The molecule has 5 nitrogen and oxygen atoms in total. The summed E-state index contributed by atoms with van der Waals surface area (Å²) < 4.78 is 5.17. The predicted molar refractivity (Wildman–Crippen MR) is 68.6 cm³/mol. The van der Waals surface area contributed by atoms with Crippen LogP contribution in [0, 0.1) is 0 Å². The van der Waals surface area contributed by atoms with Gasteiger partial charge < -0.3 is 9.84 Å². The maximum Gasteiger partial charge on any atom is 0.273 e. The summed E-state index contributed by atoms with van der Waals surface area (Å²) in [7, 11) is 0. The number of carbonyl (C=O) groups excluding carboxylic acids is 1. The standard InChI is InChI=1S/C14H15N3O2/c1-9(11-3-2-6-15-8-11)16-14(18)12-7-13(19-17-12)10-4-5-10/h2-3,6-10H,4-5H2,1H3,(H,16,18). The van der Waals surface area contributed by atoms with E-state index in [0.29, 0.717) is 11.6 Å². The molecule has 98 valence electrons. The van der Waals surface area contributed by atoms with E-state index < -0.39 is 0 Å². The van der Waals surface area contributed by atoms with Crippen LogP contribution in [-0.2, 0) is 0 Å². The molecule has 1 saturated carbocycles. The van der Waals surface area contributed by atoms with Crippen LogP contribution in [0.25, 0.3) is 0 Å². The molecule has 0 saturated heterocycles. The summed E-state index contributed by atoms with van der Waals surface area (Å²) in [6, 6.07) is 5.40. The molecule has 1 fully saturated rings. The fourth-order valence-electron chi connectivity index (χ4n) is 1.94. The van der Waals surface area contributed by atoms with E-state index in [9.17, 15) is 4.79 Å². The van der Waals surface area contributed by atoms with Gasteiger partial charge in [0.15, 0.2) is 5.69 Å². The molecule has 2 aromatic heterocycles. The van der Waals surface area contributed by atoms with Gasteiger partial charge in [0.25, 0.3) is 5.91 Å². The number of carbonyl (C=O) groups is 1. The van der Waals surface area contributed by atoms with Crippen molar-refractivity contribution in [1.82, 2.24) is 15.5 Å². The number of nitrogens with zero attached hydrogens (tertiary/aromatic N) is 2. The second kappa shape index (κ2) is 4.84. The van der Waals surface area contributed by atoms with E-state index in [1.54, 1.807) is 18.5 Å². The molecule has 0 bridgehead atoms. The van der Waals surface area contributed by atoms with Crippen molar-refractivity contribution in [2.24, 2.45) is 0 Å². The monoisotopic (exact) mass is 257 g/mol. The molecule has 0 spiro atoms. The summed E-state index contributed by atoms with van der Waals surface area (Å²) in [6.07, 6.45) is 5.70. The lowest BCUT2D eigenvalue weighted by molar-refractivity contribution is 0.0930. The molecular weight excluding hydrogens is 242 g/mol. The van der Waals surface area contributed by atoms with Gasteiger partial charge in [-0.3, -0.25) is 9.78 Å². The highest BCUT2D eigenvalue weighted by atomic mass is 16.5. The summed E-state index contributed by atoms with van der Waals surface area (Å²) in [4.78, 5) is 16.1. The van der Waals surface area contributed by atoms with Gasteiger partial charge in [-0.05, 0) is 31.4 Å². The zero-order valence-electron chi connectivity index (χ0n) is 10.7. The van der Waals surface area contributed by atoms with Crippen LogP contribution in [0.3, 0.4) is 0 Å². The van der Waals surface area contributed by atoms with Crippen LogP contribution >= 0.6 is 0 Å². The summed E-state index contributed by atoms with van der Waals surface area (Å²) in [5.41, 5.74) is 1.31. The SMILES string of the molecule is CC(NC(=O)c1cc(C2CC2)on1)c1cccnc1. The third-order valence-corrected chi connectivity index (χ3v) is 3.27. The van der Waals surface area contributed by atoms with E-state index in [4.69, 9.17) is 4.52 Å². The highest BCUT2D eigenvalue weighted by Gasteiger charge is 2.29. The van der Waals surface area contributed by atoms with Crippen molar-refractivity contribution < 1.29 is 9.32 Å². The normalized spacial score (nSPS) is 16.1. The maximum atomic E-state index is 12.0. The Hall–Kier alpha value is -2.17. The summed E-state index contributed by atoms with van der Waals surface area (Å²) in [5, 5.41) is 6.71. The van der Waals surface area contributed by atoms with Crippen LogP contribution in [0.5, 0.6) is 0 Å². The molecule has 2 aromatic rings. The number of aromatic nitrogens is 2. The number of amides is 1. The van der Waals surface area contributed by atoms with Crippen molar-refractivity contribution in [3.63, 3.8) is 0 Å². The Labute approximate surface area is 111 Å². The lowest BCUT2D eigenvalue weighted by atomic mass is 10.1. The average Bonchev–Trinajstić information content (AvgIpc) is 3.17. The second-order valence-corrected chi connectivity index (χ2v) is 4.87. The van der Waals surface area contributed by atoms with E-state index in [1.807, 2.05) is 19.1 Å². The first-order chi connectivity index (χ1) is 9.24. The minimum Gasteiger partial charge on any atom is -0.360 e. The zero-order valence-corrected chi connectivity index (χ0v) is 10.7. The number of hydrogen-bond donors (Lipinski definition) is 1. The Morgan fingerprint density at radius 2 is 2.37 bits per heavy atom. The van der Waals surface area contributed by atoms with E-state index in [0.717, 1.165) is 24.2 Å². The second-order valence-electron chi connectivity index (χ2n) is 4.87. The Morgan fingerprint density at radius 3 is 3.05 bits per heavy atom. The number of pyridine rings is 1. The van der Waals surface area contributed by atoms with E-state index in [-0.39, 0.29) is 11.9 Å². The van der Waals surface area contributed by atoms with Gasteiger partial charge in [-0.15, -0.1) is 0 Å². The first kappa shape index (κ1) is 11.9. The highest BCUT2D eigenvalue weighted by Crippen LogP contribution is 2.40. The third-order valence-electron chi connectivity index (χ3n) is 3.27. The van der Waals surface area contributed by atoms with Crippen LogP contribution in [-0.4, -0.2) is 16.0 Å². The Balaban J connectivity index is 1.66. The van der Waals surface area contributed by atoms with Gasteiger partial charge in [-0.2, -0.15) is 0 Å². The van der Waals surface area contributed by atoms with Crippen molar-refractivity contribution in [2.45, 2.75) is 31.7 Å². The molecule has 0 aromatic carbocycles. The largest absolute Gasteiger partial charge is 0.360 e. The Morgan fingerprint density at radius 1 is 1.53 bits per heavy atom. The minimum absolute atomic E-state index is 0.109. The van der Waals surface area contributed by atoms with Gasteiger partial charge >= 0.3 is 0 Å². The van der Waals surface area contributed by atoms with Crippen LogP contribution in [0.2, 0.25) is 0 Å². The Kier molecular flexibility index (Phi) is 3.03. The maximum absolute atomic E-state index is 12.0. The first-order valence-electron chi connectivity index (χ1n) is 6.41. The van der Waals surface area contributed by atoms with Gasteiger partial charge in [0.05, 0.1) is 6.04 Å². The van der Waals surface area contributed by atoms with Crippen LogP contribution in [0.1, 0.15) is 53.5 Å². The van der Waals surface area contributed by atoms with Gasteiger partial charge in [0, 0.05) is 24.4 Å². The molecule has 19 heavy (non-hydrogen) atoms. The smallest absolute Gasteiger partial charge is 0.273 e. The summed E-state index contributed by atoms with van der Waals surface area (Å²) in [5.74, 6) is 1.07. The molecular formula is C14H15N3O2. The molecule has 1 atom stereocenters. The van der Waals surface area contributed by atoms with Crippen molar-refractivity contribution >= 4 is 5.91 Å².